The Labute approximate surface area is 255 Å². The number of ether oxygens (including phenoxy) is 1. The maximum atomic E-state index is 13.2. The molecule has 0 aliphatic carbocycles. The highest BCUT2D eigenvalue weighted by atomic mass is 19.4. The predicted molar refractivity (Wildman–Crippen MR) is 160 cm³/mol. The predicted octanol–water partition coefficient (Wildman–Crippen LogP) is 5.89. The maximum absolute atomic E-state index is 13.2. The molecule has 0 bridgehead atoms. The normalized spacial score (nSPS) is 14.9. The van der Waals surface area contributed by atoms with Gasteiger partial charge in [0, 0.05) is 45.5 Å². The van der Waals surface area contributed by atoms with Gasteiger partial charge in [0.25, 0.3) is 0 Å². The first-order chi connectivity index (χ1) is 20.7. The summed E-state index contributed by atoms with van der Waals surface area (Å²) >= 11 is 0. The van der Waals surface area contributed by atoms with Gasteiger partial charge in [0.15, 0.2) is 0 Å². The van der Waals surface area contributed by atoms with Crippen molar-refractivity contribution < 1.29 is 27.5 Å². The van der Waals surface area contributed by atoms with Crippen molar-refractivity contribution in [3.8, 4) is 17.5 Å². The minimum atomic E-state index is -4.55. The van der Waals surface area contributed by atoms with Crippen LogP contribution >= 0.6 is 0 Å². The lowest BCUT2D eigenvalue weighted by Gasteiger charge is -2.43. The van der Waals surface area contributed by atoms with Gasteiger partial charge in [-0.05, 0) is 82.0 Å². The van der Waals surface area contributed by atoms with E-state index in [2.05, 4.69) is 15.6 Å². The number of rotatable bonds is 8. The van der Waals surface area contributed by atoms with E-state index in [1.807, 2.05) is 53.0 Å². The zero-order chi connectivity index (χ0) is 32.1. The Morgan fingerprint density at radius 1 is 1.11 bits per heavy atom. The van der Waals surface area contributed by atoms with Crippen molar-refractivity contribution in [3.63, 3.8) is 0 Å². The molecule has 1 saturated heterocycles. The highest BCUT2D eigenvalue weighted by Gasteiger charge is 2.39. The van der Waals surface area contributed by atoms with Crippen molar-refractivity contribution in [2.24, 2.45) is 7.05 Å². The van der Waals surface area contributed by atoms with Gasteiger partial charge < -0.3 is 24.8 Å². The van der Waals surface area contributed by atoms with Crippen molar-refractivity contribution in [3.05, 3.63) is 71.5 Å². The van der Waals surface area contributed by atoms with Crippen LogP contribution in [0.2, 0.25) is 0 Å². The molecule has 0 spiro atoms. The Morgan fingerprint density at radius 3 is 2.41 bits per heavy atom. The first-order valence-corrected chi connectivity index (χ1v) is 14.4. The van der Waals surface area contributed by atoms with E-state index >= 15 is 0 Å². The molecular weight excluding hydrogens is 573 g/mol. The SMILES string of the molecule is Cn1cccc1-c1ccc(C2(NC(=O)CCCNC(=O)OC(C)(C)C)CCN(c3ccc(C(F)(F)F)cc3C#N)CC2)cn1. The molecule has 1 aromatic carbocycles. The van der Waals surface area contributed by atoms with Crippen molar-refractivity contribution in [1.82, 2.24) is 20.2 Å². The smallest absolute Gasteiger partial charge is 0.416 e. The van der Waals surface area contributed by atoms with Gasteiger partial charge in [0.2, 0.25) is 5.91 Å². The highest BCUT2D eigenvalue weighted by molar-refractivity contribution is 5.77. The molecule has 2 amide bonds. The number of carbonyl (C=O) groups is 2. The minimum absolute atomic E-state index is 0.0533. The molecule has 0 radical (unpaired) electrons. The van der Waals surface area contributed by atoms with Gasteiger partial charge in [-0.15, -0.1) is 0 Å². The van der Waals surface area contributed by atoms with Crippen molar-refractivity contribution in [2.45, 2.75) is 63.8 Å². The molecule has 9 nitrogen and oxygen atoms in total. The van der Waals surface area contributed by atoms with Crippen LogP contribution in [0.1, 0.15) is 63.1 Å². The number of alkyl halides is 3. The fourth-order valence-electron chi connectivity index (χ4n) is 5.33. The molecule has 1 fully saturated rings. The number of aromatic nitrogens is 2. The molecule has 2 N–H and O–H groups in total. The third-order valence-corrected chi connectivity index (χ3v) is 7.55. The summed E-state index contributed by atoms with van der Waals surface area (Å²) < 4.78 is 46.9. The van der Waals surface area contributed by atoms with Crippen LogP contribution in [-0.2, 0) is 28.3 Å². The van der Waals surface area contributed by atoms with Gasteiger partial charge in [-0.1, -0.05) is 6.07 Å². The first-order valence-electron chi connectivity index (χ1n) is 14.4. The number of benzene rings is 1. The number of nitriles is 1. The van der Waals surface area contributed by atoms with Crippen LogP contribution in [-0.4, -0.2) is 46.8 Å². The monoisotopic (exact) mass is 610 g/mol. The second kappa shape index (κ2) is 13.0. The van der Waals surface area contributed by atoms with E-state index in [9.17, 15) is 28.0 Å². The average molecular weight is 611 g/mol. The van der Waals surface area contributed by atoms with Crippen LogP contribution in [0.4, 0.5) is 23.7 Å². The minimum Gasteiger partial charge on any atom is -0.444 e. The number of amides is 2. The first kappa shape index (κ1) is 32.4. The van der Waals surface area contributed by atoms with E-state index < -0.39 is 29.0 Å². The van der Waals surface area contributed by atoms with Crippen LogP contribution in [0.5, 0.6) is 0 Å². The van der Waals surface area contributed by atoms with Crippen LogP contribution in [0.15, 0.2) is 54.9 Å². The van der Waals surface area contributed by atoms with Crippen LogP contribution in [0.25, 0.3) is 11.4 Å². The number of hydrogen-bond donors (Lipinski definition) is 2. The summed E-state index contributed by atoms with van der Waals surface area (Å²) in [5, 5.41) is 15.5. The summed E-state index contributed by atoms with van der Waals surface area (Å²) in [6.45, 7) is 6.35. The Balaban J connectivity index is 1.50. The van der Waals surface area contributed by atoms with Gasteiger partial charge in [-0.2, -0.15) is 18.4 Å². The number of hydrogen-bond acceptors (Lipinski definition) is 6. The highest BCUT2D eigenvalue weighted by Crippen LogP contribution is 2.38. The van der Waals surface area contributed by atoms with E-state index in [0.717, 1.165) is 29.1 Å². The lowest BCUT2D eigenvalue weighted by Crippen LogP contribution is -2.53. The van der Waals surface area contributed by atoms with E-state index in [0.29, 0.717) is 38.0 Å². The van der Waals surface area contributed by atoms with E-state index in [1.54, 1.807) is 27.0 Å². The fourth-order valence-corrected chi connectivity index (χ4v) is 5.33. The van der Waals surface area contributed by atoms with E-state index in [-0.39, 0.29) is 24.4 Å². The Bertz CT molecular complexity index is 1510. The molecule has 4 rings (SSSR count). The molecule has 44 heavy (non-hydrogen) atoms. The molecule has 3 aromatic rings. The molecule has 1 aliphatic heterocycles. The zero-order valence-electron chi connectivity index (χ0n) is 25.3. The standard InChI is InChI=1S/C32H37F3N6O3/c1-30(2,3)44-29(43)37-15-5-8-28(42)39-31(24-9-11-25(38-21-24)27-7-6-16-40(27)4)13-17-41(18-14-31)26-12-10-23(32(33,34)35)19-22(26)20-36/h6-7,9-12,16,19,21H,5,8,13-15,17-18H2,1-4H3,(H,37,43)(H,39,42). The topological polar surface area (TPSA) is 112 Å². The molecule has 234 valence electrons. The molecule has 1 aliphatic rings. The quantitative estimate of drug-likeness (QED) is 0.308. The summed E-state index contributed by atoms with van der Waals surface area (Å²) in [6.07, 6.45) is 0.0106. The van der Waals surface area contributed by atoms with E-state index in [4.69, 9.17) is 4.74 Å². The average Bonchev–Trinajstić information content (AvgIpc) is 3.40. The summed E-state index contributed by atoms with van der Waals surface area (Å²) in [7, 11) is 1.93. The number of pyridine rings is 1. The fraction of sp³-hybridized carbons (Fsp3) is 0.438. The molecular formula is C32H37F3N6O3. The molecule has 3 heterocycles. The summed E-state index contributed by atoms with van der Waals surface area (Å²) in [5.74, 6) is -0.205. The molecule has 0 atom stereocenters. The van der Waals surface area contributed by atoms with Gasteiger partial charge in [-0.3, -0.25) is 9.78 Å². The zero-order valence-corrected chi connectivity index (χ0v) is 25.3. The van der Waals surface area contributed by atoms with Crippen molar-refractivity contribution >= 4 is 17.7 Å². The Morgan fingerprint density at radius 2 is 1.84 bits per heavy atom. The number of carbonyl (C=O) groups excluding carboxylic acids is 2. The Hall–Kier alpha value is -4.53. The third-order valence-electron chi connectivity index (χ3n) is 7.55. The number of piperidine rings is 1. The summed E-state index contributed by atoms with van der Waals surface area (Å²) in [6, 6.07) is 12.8. The second-order valence-electron chi connectivity index (χ2n) is 11.9. The van der Waals surface area contributed by atoms with Crippen molar-refractivity contribution in [2.75, 3.05) is 24.5 Å². The number of halogens is 3. The van der Waals surface area contributed by atoms with Crippen molar-refractivity contribution in [1.29, 1.82) is 5.26 Å². The van der Waals surface area contributed by atoms with E-state index in [1.165, 1.54) is 6.07 Å². The van der Waals surface area contributed by atoms with Gasteiger partial charge in [0.05, 0.1) is 33.7 Å². The summed E-state index contributed by atoms with van der Waals surface area (Å²) in [4.78, 5) is 31.7. The lowest BCUT2D eigenvalue weighted by molar-refractivity contribution is -0.137. The molecule has 12 heteroatoms. The second-order valence-corrected chi connectivity index (χ2v) is 11.9. The molecule has 0 saturated carbocycles. The van der Waals surface area contributed by atoms with Crippen LogP contribution < -0.4 is 15.5 Å². The number of aryl methyl sites for hydroxylation is 1. The Kier molecular flexibility index (Phi) is 9.56. The molecule has 2 aromatic heterocycles. The van der Waals surface area contributed by atoms with Gasteiger partial charge in [-0.25, -0.2) is 4.79 Å². The number of anilines is 1. The summed E-state index contributed by atoms with van der Waals surface area (Å²) in [5.41, 5.74) is 0.606. The number of alkyl carbamates (subject to hydrolysis) is 1. The molecule has 0 unspecified atom stereocenters. The van der Waals surface area contributed by atoms with Crippen LogP contribution in [0.3, 0.4) is 0 Å². The number of nitrogens with one attached hydrogen (secondary N) is 2. The largest absolute Gasteiger partial charge is 0.444 e. The van der Waals surface area contributed by atoms with Gasteiger partial charge in [0.1, 0.15) is 11.7 Å². The number of nitrogens with zero attached hydrogens (tertiary/aromatic N) is 4. The lowest BCUT2D eigenvalue weighted by atomic mass is 9.81. The third kappa shape index (κ3) is 7.89. The maximum Gasteiger partial charge on any atom is 0.416 e. The van der Waals surface area contributed by atoms with Gasteiger partial charge >= 0.3 is 12.3 Å². The van der Waals surface area contributed by atoms with Crippen LogP contribution in [0, 0.1) is 11.3 Å².